The molecule has 3 rings (SSSR count). The van der Waals surface area contributed by atoms with Crippen molar-refractivity contribution in [3.8, 4) is 5.75 Å². The Hall–Kier alpha value is -3.15. The van der Waals surface area contributed by atoms with Crippen LogP contribution in [0.2, 0.25) is 0 Å². The number of carbonyl (C=O) groups is 1. The summed E-state index contributed by atoms with van der Waals surface area (Å²) < 4.78 is 23.8. The third-order valence-corrected chi connectivity index (χ3v) is 3.37. The molecular formula is C18H14FNO4. The van der Waals surface area contributed by atoms with Crippen molar-refractivity contribution in [1.29, 1.82) is 0 Å². The van der Waals surface area contributed by atoms with Gasteiger partial charge in [0, 0.05) is 23.2 Å². The van der Waals surface area contributed by atoms with Crippen molar-refractivity contribution >= 4 is 22.6 Å². The molecule has 0 saturated heterocycles. The van der Waals surface area contributed by atoms with E-state index in [4.69, 9.17) is 9.15 Å². The van der Waals surface area contributed by atoms with Crippen LogP contribution in [-0.4, -0.2) is 12.0 Å². The molecule has 1 N–H and O–H groups in total. The zero-order chi connectivity index (χ0) is 17.1. The Morgan fingerprint density at radius 1 is 1.17 bits per heavy atom. The van der Waals surface area contributed by atoms with Crippen LogP contribution in [0, 0.1) is 5.82 Å². The zero-order valence-corrected chi connectivity index (χ0v) is 12.8. The van der Waals surface area contributed by atoms with E-state index in [1.165, 1.54) is 24.3 Å². The minimum atomic E-state index is -0.818. The monoisotopic (exact) mass is 327 g/mol. The summed E-state index contributed by atoms with van der Waals surface area (Å²) in [6.45, 7) is 1.57. The Morgan fingerprint density at radius 2 is 1.96 bits per heavy atom. The van der Waals surface area contributed by atoms with Gasteiger partial charge in [-0.3, -0.25) is 4.79 Å². The number of carbonyl (C=O) groups excluding carboxylic acids is 1. The minimum Gasteiger partial charge on any atom is -0.481 e. The van der Waals surface area contributed by atoms with Crippen molar-refractivity contribution < 1.29 is 18.3 Å². The molecule has 0 fully saturated rings. The Morgan fingerprint density at radius 3 is 2.75 bits per heavy atom. The Balaban J connectivity index is 1.72. The van der Waals surface area contributed by atoms with Gasteiger partial charge in [-0.15, -0.1) is 0 Å². The van der Waals surface area contributed by atoms with Gasteiger partial charge in [0.1, 0.15) is 17.1 Å². The highest BCUT2D eigenvalue weighted by Gasteiger charge is 2.15. The van der Waals surface area contributed by atoms with Crippen LogP contribution in [0.1, 0.15) is 6.92 Å². The number of fused-ring (bicyclic) bond motifs is 1. The van der Waals surface area contributed by atoms with Gasteiger partial charge in [0.25, 0.3) is 5.91 Å². The first-order valence-corrected chi connectivity index (χ1v) is 7.28. The molecule has 0 spiro atoms. The summed E-state index contributed by atoms with van der Waals surface area (Å²) in [7, 11) is 0. The number of hydrogen-bond donors (Lipinski definition) is 1. The molecule has 1 atom stereocenters. The second-order valence-electron chi connectivity index (χ2n) is 5.21. The standard InChI is InChI=1S/C18H14FNO4/c1-11(18(22)20-14-4-2-3-13(19)9-14)23-15-7-5-12-6-8-17(21)24-16(12)10-15/h2-11H,1H3,(H,20,22)/t11-/m0/s1. The van der Waals surface area contributed by atoms with Crippen molar-refractivity contribution in [2.45, 2.75) is 13.0 Å². The van der Waals surface area contributed by atoms with E-state index in [1.807, 2.05) is 0 Å². The average Bonchev–Trinajstić information content (AvgIpc) is 2.54. The van der Waals surface area contributed by atoms with Gasteiger partial charge in [0.2, 0.25) is 0 Å². The van der Waals surface area contributed by atoms with Gasteiger partial charge in [-0.25, -0.2) is 9.18 Å². The van der Waals surface area contributed by atoms with Gasteiger partial charge in [-0.05, 0) is 43.3 Å². The van der Waals surface area contributed by atoms with Gasteiger partial charge < -0.3 is 14.5 Å². The normalized spacial score (nSPS) is 11.9. The SMILES string of the molecule is C[C@H](Oc1ccc2ccc(=O)oc2c1)C(=O)Nc1cccc(F)c1. The highest BCUT2D eigenvalue weighted by atomic mass is 19.1. The number of anilines is 1. The molecule has 0 aliphatic rings. The van der Waals surface area contributed by atoms with E-state index in [9.17, 15) is 14.0 Å². The maximum absolute atomic E-state index is 13.1. The number of benzene rings is 2. The molecule has 6 heteroatoms. The fourth-order valence-electron chi connectivity index (χ4n) is 2.18. The number of rotatable bonds is 4. The van der Waals surface area contributed by atoms with E-state index in [0.29, 0.717) is 17.0 Å². The minimum absolute atomic E-state index is 0.347. The lowest BCUT2D eigenvalue weighted by Gasteiger charge is -2.15. The van der Waals surface area contributed by atoms with Crippen LogP contribution in [0.4, 0.5) is 10.1 Å². The predicted octanol–water partition coefficient (Wildman–Crippen LogP) is 3.34. The lowest BCUT2D eigenvalue weighted by Crippen LogP contribution is -2.30. The average molecular weight is 327 g/mol. The van der Waals surface area contributed by atoms with Crippen molar-refractivity contribution in [2.75, 3.05) is 5.32 Å². The third-order valence-electron chi connectivity index (χ3n) is 3.37. The molecule has 122 valence electrons. The lowest BCUT2D eigenvalue weighted by atomic mass is 10.2. The Kier molecular flexibility index (Phi) is 4.29. The number of nitrogens with one attached hydrogen (secondary N) is 1. The van der Waals surface area contributed by atoms with Crippen molar-refractivity contribution in [1.82, 2.24) is 0 Å². The summed E-state index contributed by atoms with van der Waals surface area (Å²) in [6, 6.07) is 13.5. The molecule has 0 radical (unpaired) electrons. The highest BCUT2D eigenvalue weighted by Crippen LogP contribution is 2.21. The summed E-state index contributed by atoms with van der Waals surface area (Å²) in [4.78, 5) is 23.4. The number of ether oxygens (including phenoxy) is 1. The van der Waals surface area contributed by atoms with Crippen LogP contribution in [0.25, 0.3) is 11.0 Å². The first-order chi connectivity index (χ1) is 11.5. The topological polar surface area (TPSA) is 68.5 Å². The zero-order valence-electron chi connectivity index (χ0n) is 12.8. The van der Waals surface area contributed by atoms with Crippen molar-refractivity contribution in [3.63, 3.8) is 0 Å². The van der Waals surface area contributed by atoms with Gasteiger partial charge in [-0.1, -0.05) is 6.07 Å². The number of halogens is 1. The molecule has 0 bridgehead atoms. The van der Waals surface area contributed by atoms with E-state index in [2.05, 4.69) is 5.32 Å². The number of amides is 1. The van der Waals surface area contributed by atoms with Crippen molar-refractivity contribution in [3.05, 3.63) is 70.8 Å². The van der Waals surface area contributed by atoms with E-state index < -0.39 is 23.5 Å². The molecule has 1 amide bonds. The molecule has 0 aliphatic heterocycles. The smallest absolute Gasteiger partial charge is 0.336 e. The summed E-state index contributed by atoms with van der Waals surface area (Å²) in [5, 5.41) is 3.32. The maximum Gasteiger partial charge on any atom is 0.336 e. The molecule has 3 aromatic rings. The van der Waals surface area contributed by atoms with E-state index in [1.54, 1.807) is 37.3 Å². The lowest BCUT2D eigenvalue weighted by molar-refractivity contribution is -0.122. The maximum atomic E-state index is 13.1. The van der Waals surface area contributed by atoms with Gasteiger partial charge in [-0.2, -0.15) is 0 Å². The quantitative estimate of drug-likeness (QED) is 0.746. The molecule has 1 aromatic heterocycles. The predicted molar refractivity (Wildman–Crippen MR) is 87.6 cm³/mol. The molecule has 1 heterocycles. The summed E-state index contributed by atoms with van der Waals surface area (Å²) in [5.74, 6) is -0.472. The first-order valence-electron chi connectivity index (χ1n) is 7.28. The Labute approximate surface area is 136 Å². The van der Waals surface area contributed by atoms with Crippen LogP contribution in [0.3, 0.4) is 0 Å². The number of hydrogen-bond acceptors (Lipinski definition) is 4. The van der Waals surface area contributed by atoms with E-state index >= 15 is 0 Å². The third kappa shape index (κ3) is 3.60. The van der Waals surface area contributed by atoms with Crippen molar-refractivity contribution in [2.24, 2.45) is 0 Å². The molecular weight excluding hydrogens is 313 g/mol. The van der Waals surface area contributed by atoms with Gasteiger partial charge in [0.05, 0.1) is 0 Å². The molecule has 0 saturated carbocycles. The molecule has 2 aromatic carbocycles. The van der Waals surface area contributed by atoms with Crippen LogP contribution in [-0.2, 0) is 4.79 Å². The largest absolute Gasteiger partial charge is 0.481 e. The fourth-order valence-corrected chi connectivity index (χ4v) is 2.18. The fraction of sp³-hybridized carbons (Fsp3) is 0.111. The molecule has 0 aliphatic carbocycles. The van der Waals surface area contributed by atoms with Gasteiger partial charge in [0.15, 0.2) is 6.10 Å². The van der Waals surface area contributed by atoms with Crippen LogP contribution in [0.15, 0.2) is 63.8 Å². The van der Waals surface area contributed by atoms with E-state index in [-0.39, 0.29) is 0 Å². The molecule has 5 nitrogen and oxygen atoms in total. The van der Waals surface area contributed by atoms with Crippen LogP contribution >= 0.6 is 0 Å². The summed E-state index contributed by atoms with van der Waals surface area (Å²) in [5.41, 5.74) is 0.259. The Bertz CT molecular complexity index is 951. The molecule has 24 heavy (non-hydrogen) atoms. The van der Waals surface area contributed by atoms with E-state index in [0.717, 1.165) is 5.39 Å². The second-order valence-corrected chi connectivity index (χ2v) is 5.21. The van der Waals surface area contributed by atoms with Crippen LogP contribution < -0.4 is 15.7 Å². The highest BCUT2D eigenvalue weighted by molar-refractivity contribution is 5.94. The molecule has 0 unspecified atom stereocenters. The first kappa shape index (κ1) is 15.7. The summed E-state index contributed by atoms with van der Waals surface area (Å²) in [6.07, 6.45) is -0.818. The second kappa shape index (κ2) is 6.54. The van der Waals surface area contributed by atoms with Gasteiger partial charge >= 0.3 is 5.63 Å². The summed E-state index contributed by atoms with van der Waals surface area (Å²) >= 11 is 0. The van der Waals surface area contributed by atoms with Crippen LogP contribution in [0.5, 0.6) is 5.75 Å².